The topological polar surface area (TPSA) is 67.4 Å². The summed E-state index contributed by atoms with van der Waals surface area (Å²) in [7, 11) is 0. The predicted molar refractivity (Wildman–Crippen MR) is 107 cm³/mol. The number of benzene rings is 3. The zero-order chi connectivity index (χ0) is 21.0. The monoisotopic (exact) mass is 398 g/mol. The van der Waals surface area contributed by atoms with Crippen LogP contribution in [0.5, 0.6) is 5.75 Å². The largest absolute Gasteiger partial charge is 0.483 e. The highest BCUT2D eigenvalue weighted by Gasteiger charge is 2.17. The van der Waals surface area contributed by atoms with E-state index in [-0.39, 0.29) is 35.6 Å². The second-order valence-corrected chi connectivity index (χ2v) is 6.78. The predicted octanol–water partition coefficient (Wildman–Crippen LogP) is 4.27. The van der Waals surface area contributed by atoms with Crippen LogP contribution in [0.1, 0.15) is 24.2 Å². The number of hydrogen-bond donors (Lipinski definition) is 2. The molecule has 0 saturated heterocycles. The molecule has 0 aliphatic rings. The summed E-state index contributed by atoms with van der Waals surface area (Å²) in [6.45, 7) is 3.37. The summed E-state index contributed by atoms with van der Waals surface area (Å²) in [5.41, 5.74) is -0.0298. The first-order chi connectivity index (χ1) is 13.8. The van der Waals surface area contributed by atoms with E-state index in [1.54, 1.807) is 12.1 Å². The lowest BCUT2D eigenvalue weighted by Crippen LogP contribution is -2.34. The molecule has 0 aliphatic carbocycles. The van der Waals surface area contributed by atoms with Crippen molar-refractivity contribution < 1.29 is 23.1 Å². The molecule has 0 bridgehead atoms. The number of anilines is 1. The highest BCUT2D eigenvalue weighted by Crippen LogP contribution is 2.27. The summed E-state index contributed by atoms with van der Waals surface area (Å²) in [5.74, 6) is -2.42. The molecular formula is C22H20F2N2O3. The maximum atomic E-state index is 13.9. The van der Waals surface area contributed by atoms with Gasteiger partial charge < -0.3 is 15.4 Å². The Bertz CT molecular complexity index is 1070. The fourth-order valence-corrected chi connectivity index (χ4v) is 2.80. The summed E-state index contributed by atoms with van der Waals surface area (Å²) in [6, 6.07) is 13.4. The van der Waals surface area contributed by atoms with Crippen molar-refractivity contribution in [2.75, 3.05) is 11.9 Å². The van der Waals surface area contributed by atoms with E-state index in [2.05, 4.69) is 10.6 Å². The second kappa shape index (κ2) is 8.68. The molecule has 3 aromatic carbocycles. The van der Waals surface area contributed by atoms with Gasteiger partial charge in [-0.05, 0) is 48.9 Å². The van der Waals surface area contributed by atoms with E-state index in [0.717, 1.165) is 22.9 Å². The average Bonchev–Trinajstić information content (AvgIpc) is 2.67. The van der Waals surface area contributed by atoms with Crippen molar-refractivity contribution in [2.45, 2.75) is 19.9 Å². The third-order valence-electron chi connectivity index (χ3n) is 4.08. The van der Waals surface area contributed by atoms with Crippen LogP contribution in [0.25, 0.3) is 10.8 Å². The Morgan fingerprint density at radius 2 is 1.69 bits per heavy atom. The maximum absolute atomic E-state index is 13.9. The first-order valence-electron chi connectivity index (χ1n) is 9.05. The van der Waals surface area contributed by atoms with Crippen molar-refractivity contribution in [3.05, 3.63) is 71.8 Å². The molecule has 3 aromatic rings. The van der Waals surface area contributed by atoms with Gasteiger partial charge in [0.25, 0.3) is 11.8 Å². The Labute approximate surface area is 166 Å². The zero-order valence-corrected chi connectivity index (χ0v) is 16.0. The van der Waals surface area contributed by atoms with Crippen molar-refractivity contribution >= 4 is 28.3 Å². The lowest BCUT2D eigenvalue weighted by atomic mass is 10.1. The average molecular weight is 398 g/mol. The lowest BCUT2D eigenvalue weighted by Gasteiger charge is -2.14. The van der Waals surface area contributed by atoms with Gasteiger partial charge in [0.2, 0.25) is 0 Å². The number of fused-ring (bicyclic) bond motifs is 1. The zero-order valence-electron chi connectivity index (χ0n) is 16.0. The quantitative estimate of drug-likeness (QED) is 0.652. The van der Waals surface area contributed by atoms with E-state index in [1.165, 1.54) is 0 Å². The fraction of sp³-hybridized carbons (Fsp3) is 0.182. The smallest absolute Gasteiger partial charge is 0.259 e. The highest BCUT2D eigenvalue weighted by atomic mass is 19.1. The molecule has 29 heavy (non-hydrogen) atoms. The van der Waals surface area contributed by atoms with Crippen LogP contribution in [0.4, 0.5) is 14.5 Å². The molecule has 0 fully saturated rings. The van der Waals surface area contributed by atoms with E-state index in [4.69, 9.17) is 4.74 Å². The summed E-state index contributed by atoms with van der Waals surface area (Å²) in [6.07, 6.45) is 0. The Morgan fingerprint density at radius 3 is 2.34 bits per heavy atom. The number of nitrogens with one attached hydrogen (secondary N) is 2. The number of carbonyl (C=O) groups excluding carboxylic acids is 2. The normalized spacial score (nSPS) is 10.8. The molecule has 0 spiro atoms. The maximum Gasteiger partial charge on any atom is 0.259 e. The van der Waals surface area contributed by atoms with Crippen LogP contribution in [-0.2, 0) is 4.79 Å². The molecule has 150 valence electrons. The molecule has 5 nitrogen and oxygen atoms in total. The number of halogens is 2. The lowest BCUT2D eigenvalue weighted by molar-refractivity contribution is -0.123. The molecule has 0 unspecified atom stereocenters. The first-order valence-corrected chi connectivity index (χ1v) is 9.05. The fourth-order valence-electron chi connectivity index (χ4n) is 2.80. The highest BCUT2D eigenvalue weighted by molar-refractivity contribution is 6.08. The number of carbonyl (C=O) groups is 2. The van der Waals surface area contributed by atoms with Gasteiger partial charge in [0.15, 0.2) is 6.61 Å². The Kier molecular flexibility index (Phi) is 6.07. The molecule has 0 atom stereocenters. The van der Waals surface area contributed by atoms with Gasteiger partial charge in [-0.3, -0.25) is 9.59 Å². The van der Waals surface area contributed by atoms with Gasteiger partial charge in [0.1, 0.15) is 17.4 Å². The van der Waals surface area contributed by atoms with Gasteiger partial charge >= 0.3 is 0 Å². The summed E-state index contributed by atoms with van der Waals surface area (Å²) in [5, 5.41) is 6.71. The van der Waals surface area contributed by atoms with E-state index >= 15 is 0 Å². The van der Waals surface area contributed by atoms with Crippen molar-refractivity contribution in [3.8, 4) is 5.75 Å². The van der Waals surface area contributed by atoms with E-state index in [9.17, 15) is 18.4 Å². The molecule has 0 aromatic heterocycles. The minimum absolute atomic E-state index is 0.0491. The number of ether oxygens (including phenoxy) is 1. The minimum atomic E-state index is -0.891. The van der Waals surface area contributed by atoms with Crippen LogP contribution < -0.4 is 15.4 Å². The number of hydrogen-bond acceptors (Lipinski definition) is 3. The van der Waals surface area contributed by atoms with Gasteiger partial charge in [0, 0.05) is 12.1 Å². The Morgan fingerprint density at radius 1 is 1.00 bits per heavy atom. The summed E-state index contributed by atoms with van der Waals surface area (Å²) in [4.78, 5) is 24.7. The Hall–Kier alpha value is -3.48. The van der Waals surface area contributed by atoms with Crippen LogP contribution in [-0.4, -0.2) is 24.5 Å². The van der Waals surface area contributed by atoms with Crippen molar-refractivity contribution in [1.82, 2.24) is 5.32 Å². The van der Waals surface area contributed by atoms with E-state index in [0.29, 0.717) is 6.07 Å². The van der Waals surface area contributed by atoms with Crippen molar-refractivity contribution in [1.29, 1.82) is 0 Å². The third kappa shape index (κ3) is 5.07. The molecule has 0 aliphatic heterocycles. The van der Waals surface area contributed by atoms with Crippen LogP contribution in [0.3, 0.4) is 0 Å². The molecular weight excluding hydrogens is 378 g/mol. The van der Waals surface area contributed by atoms with Crippen molar-refractivity contribution in [3.63, 3.8) is 0 Å². The van der Waals surface area contributed by atoms with Gasteiger partial charge in [-0.1, -0.05) is 24.3 Å². The number of rotatable bonds is 6. The minimum Gasteiger partial charge on any atom is -0.483 e. The molecule has 7 heteroatoms. The molecule has 0 saturated carbocycles. The third-order valence-corrected chi connectivity index (χ3v) is 4.08. The van der Waals surface area contributed by atoms with Crippen LogP contribution in [0, 0.1) is 11.6 Å². The first kappa shape index (κ1) is 20.3. The SMILES string of the molecule is CC(C)NC(=O)COc1cc2ccccc2cc1C(=O)Nc1ccc(F)cc1F. The van der Waals surface area contributed by atoms with Crippen LogP contribution in [0.15, 0.2) is 54.6 Å². The molecule has 2 N–H and O–H groups in total. The molecule has 0 radical (unpaired) electrons. The second-order valence-electron chi connectivity index (χ2n) is 6.78. The van der Waals surface area contributed by atoms with E-state index in [1.807, 2.05) is 38.1 Å². The van der Waals surface area contributed by atoms with Gasteiger partial charge in [-0.15, -0.1) is 0 Å². The standard InChI is InChI=1S/C22H20F2N2O3/c1-13(2)25-21(27)12-29-20-10-15-6-4-3-5-14(15)9-17(20)22(28)26-19-8-7-16(23)11-18(19)24/h3-11,13H,12H2,1-2H3,(H,25,27)(H,26,28). The van der Waals surface area contributed by atoms with Gasteiger partial charge in [-0.2, -0.15) is 0 Å². The molecule has 3 rings (SSSR count). The molecule has 0 heterocycles. The van der Waals surface area contributed by atoms with Gasteiger partial charge in [-0.25, -0.2) is 8.78 Å². The van der Waals surface area contributed by atoms with Gasteiger partial charge in [0.05, 0.1) is 11.3 Å². The van der Waals surface area contributed by atoms with Crippen LogP contribution >= 0.6 is 0 Å². The Balaban J connectivity index is 1.91. The van der Waals surface area contributed by atoms with Crippen molar-refractivity contribution in [2.24, 2.45) is 0 Å². The van der Waals surface area contributed by atoms with E-state index < -0.39 is 17.5 Å². The summed E-state index contributed by atoms with van der Waals surface area (Å²) < 4.78 is 32.6. The van der Waals surface area contributed by atoms with Crippen LogP contribution in [0.2, 0.25) is 0 Å². The summed E-state index contributed by atoms with van der Waals surface area (Å²) >= 11 is 0. The number of amides is 2. The molecule has 2 amide bonds.